The van der Waals surface area contributed by atoms with Crippen molar-refractivity contribution in [2.45, 2.75) is 51.6 Å². The average molecular weight is 601 g/mol. The van der Waals surface area contributed by atoms with Crippen molar-refractivity contribution in [3.8, 4) is 0 Å². The van der Waals surface area contributed by atoms with Crippen LogP contribution in [0.25, 0.3) is 0 Å². The minimum absolute atomic E-state index is 0.0804. The maximum atomic E-state index is 14.0. The lowest BCUT2D eigenvalue weighted by molar-refractivity contribution is -0.140. The maximum absolute atomic E-state index is 14.0. The smallest absolute Gasteiger partial charge is 0.264 e. The molecule has 0 heterocycles. The highest BCUT2D eigenvalue weighted by molar-refractivity contribution is 9.10. The zero-order valence-electron chi connectivity index (χ0n) is 22.1. The lowest BCUT2D eigenvalue weighted by Gasteiger charge is -2.33. The van der Waals surface area contributed by atoms with E-state index in [4.69, 9.17) is 0 Å². The summed E-state index contributed by atoms with van der Waals surface area (Å²) in [4.78, 5) is 28.5. The second-order valence-electron chi connectivity index (χ2n) is 9.13. The Bertz CT molecular complexity index is 1380. The Morgan fingerprint density at radius 1 is 0.921 bits per heavy atom. The summed E-state index contributed by atoms with van der Waals surface area (Å²) in [6, 6.07) is 20.3. The zero-order valence-corrected chi connectivity index (χ0v) is 24.6. The van der Waals surface area contributed by atoms with Crippen molar-refractivity contribution in [3.05, 3.63) is 94.0 Å². The molecule has 0 unspecified atom stereocenters. The Hall–Kier alpha value is -3.17. The summed E-state index contributed by atoms with van der Waals surface area (Å²) in [5.41, 5.74) is 3.15. The van der Waals surface area contributed by atoms with E-state index in [1.807, 2.05) is 52.0 Å². The molecule has 202 valence electrons. The van der Waals surface area contributed by atoms with E-state index in [1.165, 1.54) is 17.0 Å². The van der Waals surface area contributed by atoms with Gasteiger partial charge in [0.05, 0.1) is 10.6 Å². The van der Waals surface area contributed by atoms with Crippen LogP contribution in [0.4, 0.5) is 5.69 Å². The van der Waals surface area contributed by atoms with Crippen LogP contribution in [0, 0.1) is 13.8 Å². The minimum Gasteiger partial charge on any atom is -0.355 e. The normalized spacial score (nSPS) is 12.0. The van der Waals surface area contributed by atoms with Crippen LogP contribution in [0.2, 0.25) is 0 Å². The molecule has 0 saturated carbocycles. The number of carbonyl (C=O) groups excluding carboxylic acids is 2. The lowest BCUT2D eigenvalue weighted by atomic mass is 10.1. The van der Waals surface area contributed by atoms with E-state index in [0.29, 0.717) is 23.1 Å². The third-order valence-electron chi connectivity index (χ3n) is 6.16. The number of halogens is 1. The van der Waals surface area contributed by atoms with Crippen LogP contribution in [0.3, 0.4) is 0 Å². The van der Waals surface area contributed by atoms with E-state index >= 15 is 0 Å². The Morgan fingerprint density at radius 3 is 2.21 bits per heavy atom. The number of amides is 2. The van der Waals surface area contributed by atoms with Crippen molar-refractivity contribution in [2.75, 3.05) is 17.4 Å². The topological polar surface area (TPSA) is 86.8 Å². The fourth-order valence-corrected chi connectivity index (χ4v) is 6.01. The lowest BCUT2D eigenvalue weighted by Crippen LogP contribution is -2.52. The summed E-state index contributed by atoms with van der Waals surface area (Å²) in [6.07, 6.45) is 0.380. The fourth-order valence-electron chi connectivity index (χ4n) is 4.22. The Kier molecular flexibility index (Phi) is 10.1. The summed E-state index contributed by atoms with van der Waals surface area (Å²) in [5.74, 6) is -0.744. The summed E-state index contributed by atoms with van der Waals surface area (Å²) in [7, 11) is -4.09. The SMILES string of the molecule is CCNC(=O)[C@H](CC)N(Cc1cccc(C)c1)C(=O)CN(c1cccc(Br)c1)S(=O)(=O)c1ccc(C)cc1. The monoisotopic (exact) mass is 599 g/mol. The summed E-state index contributed by atoms with van der Waals surface area (Å²) >= 11 is 3.41. The van der Waals surface area contributed by atoms with Gasteiger partial charge < -0.3 is 10.2 Å². The number of carbonyl (C=O) groups is 2. The van der Waals surface area contributed by atoms with E-state index in [1.54, 1.807) is 36.4 Å². The van der Waals surface area contributed by atoms with Gasteiger partial charge in [-0.15, -0.1) is 0 Å². The molecule has 9 heteroatoms. The van der Waals surface area contributed by atoms with Crippen molar-refractivity contribution in [3.63, 3.8) is 0 Å². The Labute approximate surface area is 234 Å². The van der Waals surface area contributed by atoms with Gasteiger partial charge in [0, 0.05) is 17.6 Å². The minimum atomic E-state index is -4.09. The predicted octanol–water partition coefficient (Wildman–Crippen LogP) is 5.20. The molecule has 1 N–H and O–H groups in total. The molecule has 0 saturated heterocycles. The van der Waals surface area contributed by atoms with E-state index < -0.39 is 28.5 Å². The number of aryl methyl sites for hydroxylation is 2. The average Bonchev–Trinajstić information content (AvgIpc) is 2.87. The molecule has 3 aromatic rings. The quantitative estimate of drug-likeness (QED) is 0.328. The van der Waals surface area contributed by atoms with Gasteiger partial charge in [-0.2, -0.15) is 0 Å². The van der Waals surface area contributed by atoms with Crippen molar-refractivity contribution in [2.24, 2.45) is 0 Å². The van der Waals surface area contributed by atoms with E-state index in [2.05, 4.69) is 21.2 Å². The van der Waals surface area contributed by atoms with Gasteiger partial charge in [0.25, 0.3) is 10.0 Å². The Morgan fingerprint density at radius 2 is 1.61 bits per heavy atom. The van der Waals surface area contributed by atoms with Gasteiger partial charge in [-0.3, -0.25) is 13.9 Å². The summed E-state index contributed by atoms with van der Waals surface area (Å²) in [5, 5.41) is 2.81. The first-order valence-corrected chi connectivity index (χ1v) is 14.8. The fraction of sp³-hybridized carbons (Fsp3) is 0.310. The van der Waals surface area contributed by atoms with Gasteiger partial charge in [-0.05, 0) is 63.1 Å². The highest BCUT2D eigenvalue weighted by Crippen LogP contribution is 2.27. The van der Waals surface area contributed by atoms with Crippen LogP contribution in [0.15, 0.2) is 82.2 Å². The maximum Gasteiger partial charge on any atom is 0.264 e. The van der Waals surface area contributed by atoms with Crippen molar-refractivity contribution in [1.29, 1.82) is 0 Å². The molecule has 0 aliphatic carbocycles. The van der Waals surface area contributed by atoms with E-state index in [-0.39, 0.29) is 17.3 Å². The molecular formula is C29H34BrN3O4S. The van der Waals surface area contributed by atoms with E-state index in [0.717, 1.165) is 21.0 Å². The molecular weight excluding hydrogens is 566 g/mol. The molecule has 0 aliphatic heterocycles. The highest BCUT2D eigenvalue weighted by atomic mass is 79.9. The molecule has 3 aromatic carbocycles. The molecule has 38 heavy (non-hydrogen) atoms. The number of benzene rings is 3. The standard InChI is InChI=1S/C29H34BrN3O4S/c1-5-27(29(35)31-6-2)32(19-23-10-7-9-22(4)17-23)28(34)20-33(25-12-8-11-24(30)18-25)38(36,37)26-15-13-21(3)14-16-26/h7-18,27H,5-6,19-20H2,1-4H3,(H,31,35)/t27-/m0/s1. The molecule has 0 aliphatic rings. The first kappa shape index (κ1) is 29.4. The van der Waals surface area contributed by atoms with Gasteiger partial charge >= 0.3 is 0 Å². The number of likely N-dealkylation sites (N-methyl/N-ethyl adjacent to an activating group) is 1. The predicted molar refractivity (Wildman–Crippen MR) is 154 cm³/mol. The number of hydrogen-bond donors (Lipinski definition) is 1. The molecule has 2 amide bonds. The van der Waals surface area contributed by atoms with Gasteiger partial charge in [0.15, 0.2) is 0 Å². The Balaban J connectivity index is 2.06. The second-order valence-corrected chi connectivity index (χ2v) is 11.9. The second kappa shape index (κ2) is 13.1. The van der Waals surface area contributed by atoms with Gasteiger partial charge in [0.1, 0.15) is 12.6 Å². The number of nitrogens with one attached hydrogen (secondary N) is 1. The first-order chi connectivity index (χ1) is 18.1. The molecule has 3 rings (SSSR count). The number of hydrogen-bond acceptors (Lipinski definition) is 4. The summed E-state index contributed by atoms with van der Waals surface area (Å²) < 4.78 is 29.5. The summed E-state index contributed by atoms with van der Waals surface area (Å²) in [6.45, 7) is 7.63. The number of rotatable bonds is 11. The van der Waals surface area contributed by atoms with Crippen LogP contribution < -0.4 is 9.62 Å². The van der Waals surface area contributed by atoms with Crippen molar-refractivity contribution >= 4 is 43.5 Å². The van der Waals surface area contributed by atoms with Crippen molar-refractivity contribution < 1.29 is 18.0 Å². The highest BCUT2D eigenvalue weighted by Gasteiger charge is 2.33. The molecule has 0 fully saturated rings. The van der Waals surface area contributed by atoms with Gasteiger partial charge in [-0.1, -0.05) is 76.4 Å². The number of sulfonamides is 1. The molecule has 1 atom stereocenters. The van der Waals surface area contributed by atoms with Gasteiger partial charge in [0.2, 0.25) is 11.8 Å². The van der Waals surface area contributed by atoms with Crippen LogP contribution in [-0.4, -0.2) is 44.3 Å². The zero-order chi connectivity index (χ0) is 27.9. The molecule has 0 spiro atoms. The number of nitrogens with zero attached hydrogens (tertiary/aromatic N) is 2. The third-order valence-corrected chi connectivity index (χ3v) is 8.44. The third kappa shape index (κ3) is 7.23. The largest absolute Gasteiger partial charge is 0.355 e. The number of anilines is 1. The first-order valence-electron chi connectivity index (χ1n) is 12.5. The molecule has 0 aromatic heterocycles. The van der Waals surface area contributed by atoms with Crippen LogP contribution in [-0.2, 0) is 26.2 Å². The van der Waals surface area contributed by atoms with E-state index in [9.17, 15) is 18.0 Å². The molecule has 0 bridgehead atoms. The van der Waals surface area contributed by atoms with Crippen molar-refractivity contribution in [1.82, 2.24) is 10.2 Å². The molecule has 0 radical (unpaired) electrons. The molecule has 7 nitrogen and oxygen atoms in total. The van der Waals surface area contributed by atoms with Crippen LogP contribution >= 0.6 is 15.9 Å². The van der Waals surface area contributed by atoms with Crippen LogP contribution in [0.1, 0.15) is 37.0 Å². The van der Waals surface area contributed by atoms with Crippen LogP contribution in [0.5, 0.6) is 0 Å². The van der Waals surface area contributed by atoms with Gasteiger partial charge in [-0.25, -0.2) is 8.42 Å².